The quantitative estimate of drug-likeness (QED) is 0.753. The van der Waals surface area contributed by atoms with Crippen molar-refractivity contribution < 1.29 is 8.94 Å². The van der Waals surface area contributed by atoms with E-state index in [-0.39, 0.29) is 0 Å². The zero-order valence-electron chi connectivity index (χ0n) is 9.01. The standard InChI is InChI=1S/C11H9N3O2S/c1-6-4-8(9(12)17-6)11-13-10(14-16-11)7-2-3-15-5-7/h2-5H,12H2,1H3. The molecule has 0 aliphatic rings. The van der Waals surface area contributed by atoms with Crippen LogP contribution >= 0.6 is 11.3 Å². The zero-order chi connectivity index (χ0) is 11.8. The van der Waals surface area contributed by atoms with Crippen LogP contribution in [-0.4, -0.2) is 10.1 Å². The maximum atomic E-state index is 5.87. The monoisotopic (exact) mass is 247 g/mol. The Morgan fingerprint density at radius 2 is 2.29 bits per heavy atom. The minimum Gasteiger partial charge on any atom is -0.472 e. The van der Waals surface area contributed by atoms with Crippen LogP contribution in [0.2, 0.25) is 0 Å². The smallest absolute Gasteiger partial charge is 0.261 e. The largest absolute Gasteiger partial charge is 0.472 e. The molecule has 0 atom stereocenters. The molecule has 0 aromatic carbocycles. The second-order valence-corrected chi connectivity index (χ2v) is 4.86. The van der Waals surface area contributed by atoms with E-state index >= 15 is 0 Å². The lowest BCUT2D eigenvalue weighted by Gasteiger charge is -1.88. The molecule has 0 saturated carbocycles. The molecule has 2 N–H and O–H groups in total. The average Bonchev–Trinajstić information content (AvgIpc) is 2.97. The Labute approximate surface area is 101 Å². The van der Waals surface area contributed by atoms with Gasteiger partial charge in [0.05, 0.1) is 22.4 Å². The van der Waals surface area contributed by atoms with Crippen LogP contribution in [0, 0.1) is 6.92 Å². The lowest BCUT2D eigenvalue weighted by atomic mass is 10.3. The average molecular weight is 247 g/mol. The molecule has 0 spiro atoms. The van der Waals surface area contributed by atoms with Gasteiger partial charge in [-0.3, -0.25) is 0 Å². The first-order chi connectivity index (χ1) is 8.24. The number of rotatable bonds is 2. The number of aryl methyl sites for hydroxylation is 1. The summed E-state index contributed by atoms with van der Waals surface area (Å²) in [6, 6.07) is 3.71. The number of nitrogens with two attached hydrogens (primary N) is 1. The predicted octanol–water partition coefficient (Wildman–Crippen LogP) is 2.95. The highest BCUT2D eigenvalue weighted by atomic mass is 32.1. The SMILES string of the molecule is Cc1cc(-c2nc(-c3ccoc3)no2)c(N)s1. The maximum Gasteiger partial charge on any atom is 0.261 e. The molecule has 0 amide bonds. The van der Waals surface area contributed by atoms with Crippen LogP contribution in [0.15, 0.2) is 33.6 Å². The summed E-state index contributed by atoms with van der Waals surface area (Å²) in [6.45, 7) is 1.98. The van der Waals surface area contributed by atoms with Crippen molar-refractivity contribution in [2.75, 3.05) is 5.73 Å². The first kappa shape index (κ1) is 10.1. The van der Waals surface area contributed by atoms with Crippen LogP contribution in [0.4, 0.5) is 5.00 Å². The van der Waals surface area contributed by atoms with Gasteiger partial charge >= 0.3 is 0 Å². The van der Waals surface area contributed by atoms with Crippen molar-refractivity contribution in [1.82, 2.24) is 10.1 Å². The highest BCUT2D eigenvalue weighted by Crippen LogP contribution is 2.33. The van der Waals surface area contributed by atoms with Gasteiger partial charge in [-0.05, 0) is 19.1 Å². The van der Waals surface area contributed by atoms with Crippen LogP contribution in [0.3, 0.4) is 0 Å². The Kier molecular flexibility index (Phi) is 2.22. The summed E-state index contributed by atoms with van der Waals surface area (Å²) in [5.41, 5.74) is 7.44. The summed E-state index contributed by atoms with van der Waals surface area (Å²) >= 11 is 1.50. The highest BCUT2D eigenvalue weighted by Gasteiger charge is 2.15. The molecule has 3 heterocycles. The minimum absolute atomic E-state index is 0.433. The van der Waals surface area contributed by atoms with Crippen LogP contribution < -0.4 is 5.73 Å². The Balaban J connectivity index is 2.03. The molecule has 5 nitrogen and oxygen atoms in total. The molecule has 6 heteroatoms. The topological polar surface area (TPSA) is 78.1 Å². The van der Waals surface area contributed by atoms with E-state index in [4.69, 9.17) is 14.7 Å². The van der Waals surface area contributed by atoms with Gasteiger partial charge in [-0.15, -0.1) is 11.3 Å². The van der Waals surface area contributed by atoms with E-state index in [1.54, 1.807) is 18.6 Å². The van der Waals surface area contributed by atoms with E-state index in [1.807, 2.05) is 13.0 Å². The number of thiophene rings is 1. The fraction of sp³-hybridized carbons (Fsp3) is 0.0909. The fourth-order valence-corrected chi connectivity index (χ4v) is 2.32. The van der Waals surface area contributed by atoms with Crippen LogP contribution in [0.25, 0.3) is 22.8 Å². The van der Waals surface area contributed by atoms with Crippen molar-refractivity contribution in [3.8, 4) is 22.8 Å². The third kappa shape index (κ3) is 1.72. The van der Waals surface area contributed by atoms with Gasteiger partial charge < -0.3 is 14.7 Å². The molecule has 86 valence electrons. The molecular weight excluding hydrogens is 238 g/mol. The lowest BCUT2D eigenvalue weighted by Crippen LogP contribution is -1.83. The highest BCUT2D eigenvalue weighted by molar-refractivity contribution is 7.16. The van der Waals surface area contributed by atoms with E-state index in [0.717, 1.165) is 16.0 Å². The number of aromatic nitrogens is 2. The minimum atomic E-state index is 0.433. The second-order valence-electron chi connectivity index (χ2n) is 3.57. The summed E-state index contributed by atoms with van der Waals surface area (Å²) in [5, 5.41) is 4.57. The van der Waals surface area contributed by atoms with Gasteiger partial charge in [0.25, 0.3) is 5.89 Å². The first-order valence-corrected chi connectivity index (χ1v) is 5.78. The van der Waals surface area contributed by atoms with E-state index in [2.05, 4.69) is 10.1 Å². The molecule has 3 rings (SSSR count). The molecule has 3 aromatic rings. The molecule has 0 aliphatic heterocycles. The molecule has 0 aliphatic carbocycles. The summed E-state index contributed by atoms with van der Waals surface area (Å²) in [4.78, 5) is 5.40. The van der Waals surface area contributed by atoms with Gasteiger partial charge in [0.15, 0.2) is 0 Å². The van der Waals surface area contributed by atoms with Crippen molar-refractivity contribution >= 4 is 16.3 Å². The Bertz CT molecular complexity index is 640. The van der Waals surface area contributed by atoms with Crippen LogP contribution in [0.1, 0.15) is 4.88 Å². The predicted molar refractivity (Wildman–Crippen MR) is 64.5 cm³/mol. The Hall–Kier alpha value is -2.08. The summed E-state index contributed by atoms with van der Waals surface area (Å²) in [5.74, 6) is 0.931. The molecule has 3 aromatic heterocycles. The van der Waals surface area contributed by atoms with E-state index in [0.29, 0.717) is 16.7 Å². The first-order valence-electron chi connectivity index (χ1n) is 4.96. The van der Waals surface area contributed by atoms with Gasteiger partial charge in [0, 0.05) is 4.88 Å². The normalized spacial score (nSPS) is 10.9. The maximum absolute atomic E-state index is 5.87. The number of anilines is 1. The van der Waals surface area contributed by atoms with E-state index < -0.39 is 0 Å². The van der Waals surface area contributed by atoms with Gasteiger partial charge in [0.2, 0.25) is 5.82 Å². The third-order valence-corrected chi connectivity index (χ3v) is 3.20. The molecule has 0 fully saturated rings. The molecule has 0 bridgehead atoms. The third-order valence-electron chi connectivity index (χ3n) is 2.32. The van der Waals surface area contributed by atoms with Crippen molar-refractivity contribution in [3.63, 3.8) is 0 Å². The number of hydrogen-bond donors (Lipinski definition) is 1. The van der Waals surface area contributed by atoms with Gasteiger partial charge in [0.1, 0.15) is 6.26 Å². The molecule has 0 unspecified atom stereocenters. The number of nitrogen functional groups attached to an aromatic ring is 1. The van der Waals surface area contributed by atoms with Gasteiger partial charge in [-0.25, -0.2) is 0 Å². The van der Waals surface area contributed by atoms with Crippen LogP contribution in [0.5, 0.6) is 0 Å². The summed E-state index contributed by atoms with van der Waals surface area (Å²) < 4.78 is 10.2. The Morgan fingerprint density at radius 3 is 2.94 bits per heavy atom. The number of nitrogens with zero attached hydrogens (tertiary/aromatic N) is 2. The summed E-state index contributed by atoms with van der Waals surface area (Å²) in [7, 11) is 0. The fourth-order valence-electron chi connectivity index (χ4n) is 1.54. The number of hydrogen-bond acceptors (Lipinski definition) is 6. The number of furan rings is 1. The van der Waals surface area contributed by atoms with Crippen molar-refractivity contribution in [2.24, 2.45) is 0 Å². The lowest BCUT2D eigenvalue weighted by molar-refractivity contribution is 0.432. The molecule has 0 saturated heterocycles. The van der Waals surface area contributed by atoms with Crippen molar-refractivity contribution in [2.45, 2.75) is 6.92 Å². The second kappa shape index (κ2) is 3.74. The summed E-state index contributed by atoms with van der Waals surface area (Å²) in [6.07, 6.45) is 3.13. The molecule has 0 radical (unpaired) electrons. The molecule has 17 heavy (non-hydrogen) atoms. The van der Waals surface area contributed by atoms with Crippen molar-refractivity contribution in [3.05, 3.63) is 29.5 Å². The van der Waals surface area contributed by atoms with E-state index in [9.17, 15) is 0 Å². The van der Waals surface area contributed by atoms with Crippen LogP contribution in [-0.2, 0) is 0 Å². The molecular formula is C11H9N3O2S. The van der Waals surface area contributed by atoms with Gasteiger partial charge in [-0.2, -0.15) is 4.98 Å². The zero-order valence-corrected chi connectivity index (χ0v) is 9.82. The van der Waals surface area contributed by atoms with E-state index in [1.165, 1.54) is 11.3 Å². The van der Waals surface area contributed by atoms with Gasteiger partial charge in [-0.1, -0.05) is 5.16 Å². The Morgan fingerprint density at radius 1 is 1.41 bits per heavy atom. The van der Waals surface area contributed by atoms with Crippen molar-refractivity contribution in [1.29, 1.82) is 0 Å².